The standard InChI is InChI=1S/C13H19N3OS/c17-12(7-9-5-6-14-8-9)16-13-15-10-3-1-2-4-11(10)18-13/h9,14H,1-8H2,(H,15,16,17). The fourth-order valence-corrected chi connectivity index (χ4v) is 3.79. The van der Waals surface area contributed by atoms with Crippen molar-refractivity contribution in [3.8, 4) is 0 Å². The van der Waals surface area contributed by atoms with E-state index in [4.69, 9.17) is 0 Å². The largest absolute Gasteiger partial charge is 0.316 e. The van der Waals surface area contributed by atoms with Crippen molar-refractivity contribution in [1.82, 2.24) is 10.3 Å². The smallest absolute Gasteiger partial charge is 0.226 e. The zero-order chi connectivity index (χ0) is 12.4. The van der Waals surface area contributed by atoms with Gasteiger partial charge >= 0.3 is 0 Å². The molecule has 1 saturated heterocycles. The minimum absolute atomic E-state index is 0.120. The van der Waals surface area contributed by atoms with Crippen LogP contribution in [-0.2, 0) is 17.6 Å². The highest BCUT2D eigenvalue weighted by Gasteiger charge is 2.20. The highest BCUT2D eigenvalue weighted by Crippen LogP contribution is 2.29. The first kappa shape index (κ1) is 12.1. The maximum Gasteiger partial charge on any atom is 0.226 e. The fraction of sp³-hybridized carbons (Fsp3) is 0.692. The number of aryl methyl sites for hydroxylation is 2. The molecule has 4 nitrogen and oxygen atoms in total. The van der Waals surface area contributed by atoms with E-state index in [0.29, 0.717) is 12.3 Å². The zero-order valence-electron chi connectivity index (χ0n) is 10.5. The number of rotatable bonds is 3. The number of carbonyl (C=O) groups excluding carboxylic acids is 1. The van der Waals surface area contributed by atoms with Crippen molar-refractivity contribution in [3.05, 3.63) is 10.6 Å². The van der Waals surface area contributed by atoms with Gasteiger partial charge in [0.15, 0.2) is 5.13 Å². The van der Waals surface area contributed by atoms with E-state index in [1.165, 1.54) is 23.4 Å². The van der Waals surface area contributed by atoms with Crippen LogP contribution in [-0.4, -0.2) is 24.0 Å². The Hall–Kier alpha value is -0.940. The molecular weight excluding hydrogens is 246 g/mol. The molecule has 1 aromatic heterocycles. The Kier molecular flexibility index (Phi) is 3.61. The third kappa shape index (κ3) is 2.72. The minimum Gasteiger partial charge on any atom is -0.316 e. The number of hydrogen-bond donors (Lipinski definition) is 2. The van der Waals surface area contributed by atoms with E-state index >= 15 is 0 Å². The van der Waals surface area contributed by atoms with Crippen molar-refractivity contribution in [2.75, 3.05) is 18.4 Å². The van der Waals surface area contributed by atoms with E-state index in [1.807, 2.05) is 0 Å². The van der Waals surface area contributed by atoms with Crippen molar-refractivity contribution < 1.29 is 4.79 Å². The minimum atomic E-state index is 0.120. The Balaban J connectivity index is 1.58. The second kappa shape index (κ2) is 5.36. The topological polar surface area (TPSA) is 54.0 Å². The van der Waals surface area contributed by atoms with Gasteiger partial charge in [-0.15, -0.1) is 11.3 Å². The molecule has 1 atom stereocenters. The summed E-state index contributed by atoms with van der Waals surface area (Å²) in [4.78, 5) is 17.8. The molecule has 2 N–H and O–H groups in total. The Labute approximate surface area is 111 Å². The van der Waals surface area contributed by atoms with Gasteiger partial charge < -0.3 is 10.6 Å². The van der Waals surface area contributed by atoms with Crippen LogP contribution in [0.5, 0.6) is 0 Å². The van der Waals surface area contributed by atoms with Gasteiger partial charge in [0.05, 0.1) is 5.69 Å². The summed E-state index contributed by atoms with van der Waals surface area (Å²) in [5.41, 5.74) is 1.21. The number of nitrogens with zero attached hydrogens (tertiary/aromatic N) is 1. The van der Waals surface area contributed by atoms with E-state index in [1.54, 1.807) is 11.3 Å². The zero-order valence-corrected chi connectivity index (χ0v) is 11.3. The third-order valence-electron chi connectivity index (χ3n) is 3.73. The number of amides is 1. The summed E-state index contributed by atoms with van der Waals surface area (Å²) in [5.74, 6) is 0.620. The molecule has 1 aliphatic carbocycles. The van der Waals surface area contributed by atoms with Crippen molar-refractivity contribution in [2.45, 2.75) is 38.5 Å². The molecule has 18 heavy (non-hydrogen) atoms. The van der Waals surface area contributed by atoms with Crippen LogP contribution in [0.3, 0.4) is 0 Å². The van der Waals surface area contributed by atoms with Crippen molar-refractivity contribution in [3.63, 3.8) is 0 Å². The second-order valence-corrected chi connectivity index (χ2v) is 6.29. The SMILES string of the molecule is O=C(CC1CCNC1)Nc1nc2c(s1)CCCC2. The van der Waals surface area contributed by atoms with Crippen LogP contribution in [0.25, 0.3) is 0 Å². The molecule has 1 unspecified atom stereocenters. The normalized spacial score (nSPS) is 22.8. The van der Waals surface area contributed by atoms with Crippen molar-refractivity contribution >= 4 is 22.4 Å². The lowest BCUT2D eigenvalue weighted by Gasteiger charge is -2.06. The molecule has 0 bridgehead atoms. The lowest BCUT2D eigenvalue weighted by Crippen LogP contribution is -2.18. The van der Waals surface area contributed by atoms with Crippen LogP contribution in [0.15, 0.2) is 0 Å². The number of nitrogens with one attached hydrogen (secondary N) is 2. The fourth-order valence-electron chi connectivity index (χ4n) is 2.73. The summed E-state index contributed by atoms with van der Waals surface area (Å²) in [6.07, 6.45) is 6.44. The van der Waals surface area contributed by atoms with E-state index in [9.17, 15) is 4.79 Å². The lowest BCUT2D eigenvalue weighted by atomic mass is 10.0. The average Bonchev–Trinajstić information content (AvgIpc) is 2.96. The third-order valence-corrected chi connectivity index (χ3v) is 4.80. The second-order valence-electron chi connectivity index (χ2n) is 5.21. The Bertz CT molecular complexity index is 414. The predicted molar refractivity (Wildman–Crippen MR) is 73.0 cm³/mol. The van der Waals surface area contributed by atoms with Crippen molar-refractivity contribution in [1.29, 1.82) is 0 Å². The molecule has 2 aliphatic rings. The molecule has 98 valence electrons. The first-order chi connectivity index (χ1) is 8.81. The quantitative estimate of drug-likeness (QED) is 0.878. The summed E-state index contributed by atoms with van der Waals surface area (Å²) in [7, 11) is 0. The van der Waals surface area contributed by atoms with Gasteiger partial charge in [-0.05, 0) is 51.1 Å². The van der Waals surface area contributed by atoms with Gasteiger partial charge in [-0.3, -0.25) is 4.79 Å². The first-order valence-corrected chi connectivity index (χ1v) is 7.62. The number of anilines is 1. The molecule has 2 heterocycles. The van der Waals surface area contributed by atoms with Crippen LogP contribution < -0.4 is 10.6 Å². The Morgan fingerprint density at radius 3 is 3.11 bits per heavy atom. The first-order valence-electron chi connectivity index (χ1n) is 6.80. The number of hydrogen-bond acceptors (Lipinski definition) is 4. The highest BCUT2D eigenvalue weighted by atomic mass is 32.1. The van der Waals surface area contributed by atoms with Crippen LogP contribution in [0.2, 0.25) is 0 Å². The molecule has 1 amide bonds. The molecule has 0 radical (unpaired) electrons. The van der Waals surface area contributed by atoms with Crippen LogP contribution in [0.1, 0.15) is 36.3 Å². The van der Waals surface area contributed by atoms with Gasteiger partial charge in [0.25, 0.3) is 0 Å². The molecule has 1 aromatic rings. The van der Waals surface area contributed by atoms with E-state index in [0.717, 1.165) is 37.5 Å². The number of aromatic nitrogens is 1. The molecule has 3 rings (SSSR count). The number of carbonyl (C=O) groups is 1. The summed E-state index contributed by atoms with van der Waals surface area (Å²) >= 11 is 1.66. The van der Waals surface area contributed by atoms with Gasteiger partial charge in [0.2, 0.25) is 5.91 Å². The van der Waals surface area contributed by atoms with E-state index in [2.05, 4.69) is 15.6 Å². The molecule has 5 heteroatoms. The summed E-state index contributed by atoms with van der Waals surface area (Å²) in [6, 6.07) is 0. The van der Waals surface area contributed by atoms with Crippen LogP contribution >= 0.6 is 11.3 Å². The summed E-state index contributed by atoms with van der Waals surface area (Å²) < 4.78 is 0. The van der Waals surface area contributed by atoms with E-state index < -0.39 is 0 Å². The summed E-state index contributed by atoms with van der Waals surface area (Å²) in [5, 5.41) is 7.06. The Morgan fingerprint density at radius 2 is 2.33 bits per heavy atom. The molecule has 0 saturated carbocycles. The average molecular weight is 265 g/mol. The monoisotopic (exact) mass is 265 g/mol. The Morgan fingerprint density at radius 1 is 1.44 bits per heavy atom. The van der Waals surface area contributed by atoms with Gasteiger partial charge in [0.1, 0.15) is 0 Å². The molecule has 0 aromatic carbocycles. The van der Waals surface area contributed by atoms with Gasteiger partial charge in [-0.1, -0.05) is 0 Å². The maximum atomic E-state index is 11.9. The molecule has 0 spiro atoms. The van der Waals surface area contributed by atoms with Gasteiger partial charge in [0, 0.05) is 11.3 Å². The molecular formula is C13H19N3OS. The van der Waals surface area contributed by atoms with Gasteiger partial charge in [-0.25, -0.2) is 4.98 Å². The van der Waals surface area contributed by atoms with Crippen LogP contribution in [0, 0.1) is 5.92 Å². The summed E-state index contributed by atoms with van der Waals surface area (Å²) in [6.45, 7) is 2.02. The van der Waals surface area contributed by atoms with E-state index in [-0.39, 0.29) is 5.91 Å². The van der Waals surface area contributed by atoms with Crippen LogP contribution in [0.4, 0.5) is 5.13 Å². The van der Waals surface area contributed by atoms with Gasteiger partial charge in [-0.2, -0.15) is 0 Å². The molecule has 1 aliphatic heterocycles. The lowest BCUT2D eigenvalue weighted by molar-refractivity contribution is -0.116. The molecule has 1 fully saturated rings. The number of fused-ring (bicyclic) bond motifs is 1. The maximum absolute atomic E-state index is 11.9. The highest BCUT2D eigenvalue weighted by molar-refractivity contribution is 7.15. The number of thiazole rings is 1. The predicted octanol–water partition coefficient (Wildman–Crippen LogP) is 1.96. The van der Waals surface area contributed by atoms with Crippen molar-refractivity contribution in [2.24, 2.45) is 5.92 Å².